The van der Waals surface area contributed by atoms with Crippen molar-refractivity contribution in [3.05, 3.63) is 42.0 Å². The van der Waals surface area contributed by atoms with E-state index in [4.69, 9.17) is 0 Å². The topological polar surface area (TPSA) is 12.4 Å². The summed E-state index contributed by atoms with van der Waals surface area (Å²) >= 11 is 0. The Balaban J connectivity index is 1.92. The van der Waals surface area contributed by atoms with Crippen molar-refractivity contribution in [2.75, 3.05) is 0 Å². The fraction of sp³-hybridized carbons (Fsp3) is 0.0909. The lowest BCUT2D eigenvalue weighted by Crippen LogP contribution is -1.83. The molecule has 2 aliphatic heterocycles. The fourth-order valence-electron chi connectivity index (χ4n) is 1.46. The highest BCUT2D eigenvalue weighted by molar-refractivity contribution is 9.20. The molecular weight excluding hydrogens is 242 g/mol. The fourth-order valence-corrected chi connectivity index (χ4v) is 7.80. The molecule has 0 saturated carbocycles. The van der Waals surface area contributed by atoms with Crippen LogP contribution in [0.3, 0.4) is 0 Å². The minimum Gasteiger partial charge on any atom is -0.238 e. The second-order valence-electron chi connectivity index (χ2n) is 3.25. The molecule has 76 valence electrons. The molecule has 0 radical (unpaired) electrons. The summed E-state index contributed by atoms with van der Waals surface area (Å²) < 4.78 is 0. The normalized spacial score (nSPS) is 23.8. The van der Waals surface area contributed by atoms with E-state index in [0.29, 0.717) is 0 Å². The molecule has 0 N–H and O–H groups in total. The zero-order chi connectivity index (χ0) is 10.3. The highest BCUT2D eigenvalue weighted by atomic mass is 33.5. The SMILES string of the molecule is CC1=NC2=S(SC(c3ccccc3)=C2)S1. The third kappa shape index (κ3) is 1.82. The minimum absolute atomic E-state index is 0.225. The summed E-state index contributed by atoms with van der Waals surface area (Å²) in [6, 6.07) is 10.5. The molecule has 0 saturated heterocycles. The highest BCUT2D eigenvalue weighted by Gasteiger charge is 2.22. The standard InChI is InChI=1S/C11H9NS3/c1-8-12-11-7-10(14-15(11)13-8)9-5-3-2-4-6-9/h2-7H,1H3. The Bertz CT molecular complexity index is 500. The molecule has 0 aliphatic carbocycles. The minimum atomic E-state index is 0.225. The van der Waals surface area contributed by atoms with Gasteiger partial charge in [-0.25, -0.2) is 4.99 Å². The molecule has 0 spiro atoms. The lowest BCUT2D eigenvalue weighted by atomic mass is 10.2. The number of hydrogen-bond acceptors (Lipinski definition) is 3. The number of hydrogen-bond donors (Lipinski definition) is 0. The number of rotatable bonds is 1. The van der Waals surface area contributed by atoms with Gasteiger partial charge in [0.1, 0.15) is 4.99 Å². The van der Waals surface area contributed by atoms with Gasteiger partial charge in [-0.2, -0.15) is 0 Å². The molecule has 3 rings (SSSR count). The monoisotopic (exact) mass is 251 g/mol. The summed E-state index contributed by atoms with van der Waals surface area (Å²) in [6.45, 7) is 2.08. The summed E-state index contributed by atoms with van der Waals surface area (Å²) in [5, 5.41) is 1.20. The Labute approximate surface area is 98.8 Å². The van der Waals surface area contributed by atoms with E-state index in [1.807, 2.05) is 21.6 Å². The van der Waals surface area contributed by atoms with Crippen molar-refractivity contribution in [2.24, 2.45) is 4.99 Å². The van der Waals surface area contributed by atoms with Crippen molar-refractivity contribution in [1.82, 2.24) is 0 Å². The van der Waals surface area contributed by atoms with Crippen LogP contribution >= 0.6 is 30.1 Å². The summed E-state index contributed by atoms with van der Waals surface area (Å²) in [4.78, 5) is 7.15. The quantitative estimate of drug-likeness (QED) is 0.548. The Kier molecular flexibility index (Phi) is 2.50. The lowest BCUT2D eigenvalue weighted by Gasteiger charge is -2.02. The Morgan fingerprint density at radius 3 is 2.67 bits per heavy atom. The Hall–Kier alpha value is -0.450. The van der Waals surface area contributed by atoms with E-state index in [2.05, 4.69) is 48.3 Å². The van der Waals surface area contributed by atoms with Crippen LogP contribution in [0.2, 0.25) is 0 Å². The van der Waals surface area contributed by atoms with Crippen molar-refractivity contribution in [3.63, 3.8) is 0 Å². The van der Waals surface area contributed by atoms with Crippen LogP contribution in [0.4, 0.5) is 0 Å². The van der Waals surface area contributed by atoms with E-state index in [0.717, 1.165) is 0 Å². The van der Waals surface area contributed by atoms with Crippen LogP contribution in [0.25, 0.3) is 4.91 Å². The van der Waals surface area contributed by atoms with Gasteiger partial charge in [-0.15, -0.1) is 0 Å². The first kappa shape index (κ1) is 9.75. The van der Waals surface area contributed by atoms with Crippen molar-refractivity contribution >= 4 is 45.1 Å². The van der Waals surface area contributed by atoms with Gasteiger partial charge in [0.2, 0.25) is 0 Å². The lowest BCUT2D eigenvalue weighted by molar-refractivity contribution is 1.65. The van der Waals surface area contributed by atoms with Crippen LogP contribution < -0.4 is 0 Å². The van der Waals surface area contributed by atoms with Gasteiger partial charge >= 0.3 is 0 Å². The van der Waals surface area contributed by atoms with Crippen LogP contribution in [-0.4, -0.2) is 10.0 Å². The average Bonchev–Trinajstić information content (AvgIpc) is 2.76. The number of benzene rings is 1. The second-order valence-corrected chi connectivity index (χ2v) is 9.13. The van der Waals surface area contributed by atoms with Crippen LogP contribution in [0, 0.1) is 0 Å². The van der Waals surface area contributed by atoms with Crippen molar-refractivity contribution in [3.8, 4) is 0 Å². The number of aliphatic imine (C=N–C) groups is 1. The maximum atomic E-state index is 4.54. The zero-order valence-corrected chi connectivity index (χ0v) is 10.6. The third-order valence-corrected chi connectivity index (χ3v) is 8.25. The molecule has 2 heterocycles. The van der Waals surface area contributed by atoms with Crippen LogP contribution in [0.15, 0.2) is 41.4 Å². The van der Waals surface area contributed by atoms with Gasteiger partial charge < -0.3 is 0 Å². The number of nitrogens with zero attached hydrogens (tertiary/aromatic N) is 1. The second kappa shape index (κ2) is 3.85. The van der Waals surface area contributed by atoms with Gasteiger partial charge in [-0.05, 0) is 37.9 Å². The average molecular weight is 251 g/mol. The van der Waals surface area contributed by atoms with Gasteiger partial charge in [-0.1, -0.05) is 41.1 Å². The molecule has 1 aromatic rings. The van der Waals surface area contributed by atoms with Gasteiger partial charge in [0.05, 0.1) is 5.04 Å². The molecule has 4 heteroatoms. The van der Waals surface area contributed by atoms with Crippen molar-refractivity contribution in [2.45, 2.75) is 6.92 Å². The van der Waals surface area contributed by atoms with Gasteiger partial charge in [0.25, 0.3) is 0 Å². The smallest absolute Gasteiger partial charge is 0.109 e. The molecule has 0 fully saturated rings. The molecule has 15 heavy (non-hydrogen) atoms. The maximum Gasteiger partial charge on any atom is 0.109 e. The summed E-state index contributed by atoms with van der Waals surface area (Å²) in [6.07, 6.45) is 2.23. The van der Waals surface area contributed by atoms with Gasteiger partial charge in [0, 0.05) is 4.91 Å². The third-order valence-electron chi connectivity index (χ3n) is 2.11. The van der Waals surface area contributed by atoms with Crippen molar-refractivity contribution < 1.29 is 0 Å². The first-order valence-corrected chi connectivity index (χ1v) is 8.52. The Morgan fingerprint density at radius 2 is 1.93 bits per heavy atom. The van der Waals surface area contributed by atoms with Crippen molar-refractivity contribution in [1.29, 1.82) is 0 Å². The molecule has 0 aromatic heterocycles. The Morgan fingerprint density at radius 1 is 1.13 bits per heavy atom. The molecule has 1 atom stereocenters. The predicted octanol–water partition coefficient (Wildman–Crippen LogP) is 4.17. The highest BCUT2D eigenvalue weighted by Crippen LogP contribution is 2.58. The molecule has 0 bridgehead atoms. The first-order valence-electron chi connectivity index (χ1n) is 4.63. The van der Waals surface area contributed by atoms with E-state index >= 15 is 0 Å². The van der Waals surface area contributed by atoms with E-state index in [1.54, 1.807) is 0 Å². The largest absolute Gasteiger partial charge is 0.238 e. The molecular formula is C11H9NS3. The summed E-state index contributed by atoms with van der Waals surface area (Å²) in [7, 11) is 4.05. The van der Waals surface area contributed by atoms with Gasteiger partial charge in [0.15, 0.2) is 0 Å². The summed E-state index contributed by atoms with van der Waals surface area (Å²) in [5.74, 6) is 0. The van der Waals surface area contributed by atoms with E-state index in [9.17, 15) is 0 Å². The molecule has 1 nitrogen and oxygen atoms in total. The molecule has 2 aliphatic rings. The predicted molar refractivity (Wildman–Crippen MR) is 75.3 cm³/mol. The zero-order valence-electron chi connectivity index (χ0n) is 8.14. The van der Waals surface area contributed by atoms with Gasteiger partial charge in [-0.3, -0.25) is 0 Å². The maximum absolute atomic E-state index is 4.54. The molecule has 1 aromatic carbocycles. The van der Waals surface area contributed by atoms with Crippen LogP contribution in [0.1, 0.15) is 12.5 Å². The van der Waals surface area contributed by atoms with E-state index < -0.39 is 0 Å². The molecule has 1 unspecified atom stereocenters. The van der Waals surface area contributed by atoms with E-state index in [1.165, 1.54) is 20.5 Å². The van der Waals surface area contributed by atoms with E-state index in [-0.39, 0.29) is 8.55 Å². The van der Waals surface area contributed by atoms with Crippen LogP contribution in [0.5, 0.6) is 0 Å². The first-order chi connectivity index (χ1) is 7.33. The van der Waals surface area contributed by atoms with Crippen LogP contribution in [-0.2, 0) is 0 Å². The molecule has 0 amide bonds. The summed E-state index contributed by atoms with van der Waals surface area (Å²) in [5.41, 5.74) is 1.31.